The third kappa shape index (κ3) is 3.23. The number of furan rings is 1. The summed E-state index contributed by atoms with van der Waals surface area (Å²) in [5.74, 6) is -0.255. The van der Waals surface area contributed by atoms with Crippen LogP contribution in [0.1, 0.15) is 16.2 Å². The van der Waals surface area contributed by atoms with Crippen molar-refractivity contribution < 1.29 is 13.6 Å². The zero-order valence-corrected chi connectivity index (χ0v) is 12.4. The van der Waals surface area contributed by atoms with Crippen molar-refractivity contribution in [1.29, 1.82) is 0 Å². The molecule has 0 aliphatic heterocycles. The van der Waals surface area contributed by atoms with Crippen molar-refractivity contribution in [2.75, 3.05) is 6.54 Å². The molecule has 0 spiro atoms. The van der Waals surface area contributed by atoms with Crippen LogP contribution < -0.4 is 5.32 Å². The van der Waals surface area contributed by atoms with Gasteiger partial charge in [-0.15, -0.1) is 11.3 Å². The number of amides is 1. The molecule has 0 atom stereocenters. The quantitative estimate of drug-likeness (QED) is 0.783. The maximum absolute atomic E-state index is 13.7. The topological polar surface area (TPSA) is 55.1 Å². The largest absolute Gasteiger partial charge is 0.459 e. The molecule has 1 amide bonds. The molecule has 0 aliphatic rings. The first-order valence-corrected chi connectivity index (χ1v) is 7.63. The molecule has 0 unspecified atom stereocenters. The number of thiazole rings is 1. The molecule has 0 saturated heterocycles. The summed E-state index contributed by atoms with van der Waals surface area (Å²) in [5, 5.41) is 5.27. The van der Waals surface area contributed by atoms with E-state index in [9.17, 15) is 9.18 Å². The number of nitrogens with zero attached hydrogens (tertiary/aromatic N) is 1. The average Bonchev–Trinajstić information content (AvgIpc) is 3.19. The summed E-state index contributed by atoms with van der Waals surface area (Å²) in [6, 6.07) is 9.82. The first kappa shape index (κ1) is 14.5. The van der Waals surface area contributed by atoms with Gasteiger partial charge in [-0.1, -0.05) is 12.1 Å². The van der Waals surface area contributed by atoms with Crippen LogP contribution in [-0.4, -0.2) is 17.4 Å². The van der Waals surface area contributed by atoms with E-state index in [4.69, 9.17) is 4.42 Å². The fraction of sp³-hybridized carbons (Fsp3) is 0.125. The van der Waals surface area contributed by atoms with E-state index in [-0.39, 0.29) is 17.5 Å². The van der Waals surface area contributed by atoms with Crippen molar-refractivity contribution in [3.8, 4) is 10.6 Å². The molecule has 0 aliphatic carbocycles. The number of benzene rings is 1. The summed E-state index contributed by atoms with van der Waals surface area (Å²) in [7, 11) is 0. The normalized spacial score (nSPS) is 10.6. The van der Waals surface area contributed by atoms with Crippen molar-refractivity contribution in [2.45, 2.75) is 6.42 Å². The molecular weight excluding hydrogens is 303 g/mol. The van der Waals surface area contributed by atoms with Crippen molar-refractivity contribution in [2.24, 2.45) is 0 Å². The highest BCUT2D eigenvalue weighted by atomic mass is 32.1. The maximum Gasteiger partial charge on any atom is 0.286 e. The van der Waals surface area contributed by atoms with E-state index in [1.165, 1.54) is 23.7 Å². The van der Waals surface area contributed by atoms with Gasteiger partial charge in [-0.3, -0.25) is 4.79 Å². The number of hydrogen-bond donors (Lipinski definition) is 1. The summed E-state index contributed by atoms with van der Waals surface area (Å²) < 4.78 is 18.7. The minimum atomic E-state index is -0.283. The molecule has 0 radical (unpaired) electrons. The third-order valence-corrected chi connectivity index (χ3v) is 3.99. The van der Waals surface area contributed by atoms with Gasteiger partial charge in [0, 0.05) is 23.9 Å². The van der Waals surface area contributed by atoms with Crippen LogP contribution in [0.3, 0.4) is 0 Å². The van der Waals surface area contributed by atoms with E-state index in [1.54, 1.807) is 30.3 Å². The summed E-state index contributed by atoms with van der Waals surface area (Å²) in [5.41, 5.74) is 1.32. The lowest BCUT2D eigenvalue weighted by Gasteiger charge is -2.01. The lowest BCUT2D eigenvalue weighted by Crippen LogP contribution is -2.25. The number of hydrogen-bond acceptors (Lipinski definition) is 4. The van der Waals surface area contributed by atoms with Crippen LogP contribution in [-0.2, 0) is 6.42 Å². The van der Waals surface area contributed by atoms with Crippen LogP contribution in [0.4, 0.5) is 4.39 Å². The Labute approximate surface area is 130 Å². The highest BCUT2D eigenvalue weighted by Gasteiger charge is 2.10. The Morgan fingerprint density at radius 1 is 1.27 bits per heavy atom. The summed E-state index contributed by atoms with van der Waals surface area (Å²) in [4.78, 5) is 16.1. The van der Waals surface area contributed by atoms with Crippen molar-refractivity contribution in [3.63, 3.8) is 0 Å². The molecule has 0 saturated carbocycles. The van der Waals surface area contributed by atoms with Crippen LogP contribution in [0, 0.1) is 5.82 Å². The molecule has 2 heterocycles. The number of carbonyl (C=O) groups is 1. The van der Waals surface area contributed by atoms with E-state index in [0.717, 1.165) is 5.69 Å². The first-order chi connectivity index (χ1) is 10.7. The smallest absolute Gasteiger partial charge is 0.286 e. The Morgan fingerprint density at radius 2 is 2.14 bits per heavy atom. The van der Waals surface area contributed by atoms with E-state index in [2.05, 4.69) is 10.3 Å². The minimum Gasteiger partial charge on any atom is -0.459 e. The molecular formula is C16H13FN2O2S. The van der Waals surface area contributed by atoms with Gasteiger partial charge in [-0.25, -0.2) is 9.37 Å². The molecule has 0 bridgehead atoms. The van der Waals surface area contributed by atoms with Crippen LogP contribution >= 0.6 is 11.3 Å². The first-order valence-electron chi connectivity index (χ1n) is 6.75. The molecule has 112 valence electrons. The lowest BCUT2D eigenvalue weighted by atomic mass is 10.2. The fourth-order valence-corrected chi connectivity index (χ4v) is 2.86. The van der Waals surface area contributed by atoms with Gasteiger partial charge in [-0.2, -0.15) is 0 Å². The second kappa shape index (κ2) is 6.53. The highest BCUT2D eigenvalue weighted by Crippen LogP contribution is 2.26. The second-order valence-electron chi connectivity index (χ2n) is 4.61. The van der Waals surface area contributed by atoms with Gasteiger partial charge < -0.3 is 9.73 Å². The molecule has 2 aromatic heterocycles. The highest BCUT2D eigenvalue weighted by molar-refractivity contribution is 7.13. The van der Waals surface area contributed by atoms with Gasteiger partial charge >= 0.3 is 0 Å². The van der Waals surface area contributed by atoms with Crippen LogP contribution in [0.2, 0.25) is 0 Å². The zero-order chi connectivity index (χ0) is 15.4. The number of carbonyl (C=O) groups excluding carboxylic acids is 1. The van der Waals surface area contributed by atoms with Crippen LogP contribution in [0.15, 0.2) is 52.5 Å². The predicted molar refractivity (Wildman–Crippen MR) is 82.3 cm³/mol. The van der Waals surface area contributed by atoms with Gasteiger partial charge in [0.1, 0.15) is 10.8 Å². The van der Waals surface area contributed by atoms with Crippen molar-refractivity contribution >= 4 is 17.2 Å². The number of nitrogens with one attached hydrogen (secondary N) is 1. The maximum atomic E-state index is 13.7. The second-order valence-corrected chi connectivity index (χ2v) is 5.47. The zero-order valence-electron chi connectivity index (χ0n) is 11.6. The molecule has 6 heteroatoms. The molecule has 0 fully saturated rings. The molecule has 22 heavy (non-hydrogen) atoms. The molecule has 1 aromatic carbocycles. The Bertz CT molecular complexity index is 768. The van der Waals surface area contributed by atoms with E-state index < -0.39 is 0 Å². The van der Waals surface area contributed by atoms with Crippen molar-refractivity contribution in [3.05, 3.63) is 65.3 Å². The number of aromatic nitrogens is 1. The van der Waals surface area contributed by atoms with Gasteiger partial charge in [0.25, 0.3) is 5.91 Å². The van der Waals surface area contributed by atoms with Gasteiger partial charge in [0.2, 0.25) is 0 Å². The Morgan fingerprint density at radius 3 is 2.91 bits per heavy atom. The van der Waals surface area contributed by atoms with Gasteiger partial charge in [-0.05, 0) is 24.3 Å². The lowest BCUT2D eigenvalue weighted by molar-refractivity contribution is 0.0926. The molecule has 1 N–H and O–H groups in total. The predicted octanol–water partition coefficient (Wildman–Crippen LogP) is 3.51. The number of rotatable bonds is 5. The summed E-state index contributed by atoms with van der Waals surface area (Å²) in [6.45, 7) is 0.444. The SMILES string of the molecule is O=C(NCCc1csc(-c2ccccc2F)n1)c1ccco1. The Balaban J connectivity index is 1.58. The fourth-order valence-electron chi connectivity index (χ4n) is 1.98. The van der Waals surface area contributed by atoms with E-state index in [1.807, 2.05) is 5.38 Å². The molecule has 4 nitrogen and oxygen atoms in total. The number of halogens is 1. The monoisotopic (exact) mass is 316 g/mol. The van der Waals surface area contributed by atoms with Gasteiger partial charge in [0.05, 0.1) is 12.0 Å². The van der Waals surface area contributed by atoms with E-state index in [0.29, 0.717) is 23.5 Å². The molecule has 3 aromatic rings. The van der Waals surface area contributed by atoms with Gasteiger partial charge in [0.15, 0.2) is 5.76 Å². The summed E-state index contributed by atoms with van der Waals surface area (Å²) in [6.07, 6.45) is 2.04. The van der Waals surface area contributed by atoms with Crippen molar-refractivity contribution in [1.82, 2.24) is 10.3 Å². The minimum absolute atomic E-state index is 0.255. The van der Waals surface area contributed by atoms with E-state index >= 15 is 0 Å². The molecule has 3 rings (SSSR count). The Hall–Kier alpha value is -2.47. The van der Waals surface area contributed by atoms with Crippen LogP contribution in [0.5, 0.6) is 0 Å². The Kier molecular flexibility index (Phi) is 4.29. The standard InChI is InChI=1S/C16H13FN2O2S/c17-13-5-2-1-4-12(13)16-19-11(10-22-16)7-8-18-15(20)14-6-3-9-21-14/h1-6,9-10H,7-8H2,(H,18,20). The average molecular weight is 316 g/mol. The van der Waals surface area contributed by atoms with Crippen LogP contribution in [0.25, 0.3) is 10.6 Å². The summed E-state index contributed by atoms with van der Waals surface area (Å²) >= 11 is 1.39. The third-order valence-electron chi connectivity index (χ3n) is 3.07.